The van der Waals surface area contributed by atoms with Crippen LogP contribution in [0.15, 0.2) is 24.3 Å². The van der Waals surface area contributed by atoms with E-state index in [1.54, 1.807) is 24.3 Å². The molecule has 1 aromatic rings. The number of nitrogens with two attached hydrogens (primary N) is 1. The monoisotopic (exact) mass is 193 g/mol. The standard InChI is InChI=1S/C8H9NO2.Ca.2H/c1-6(10)11-8-4-2-7(9)3-5-8;;;/h2-5H,9H2,1H3;;;. The van der Waals surface area contributed by atoms with E-state index in [0.717, 1.165) is 0 Å². The van der Waals surface area contributed by atoms with Crippen molar-refractivity contribution in [2.24, 2.45) is 0 Å². The number of hydrogen-bond donors (Lipinski definition) is 1. The van der Waals surface area contributed by atoms with Crippen LogP contribution in [0.4, 0.5) is 5.69 Å². The summed E-state index contributed by atoms with van der Waals surface area (Å²) >= 11 is 0. The molecule has 1 rings (SSSR count). The van der Waals surface area contributed by atoms with Crippen LogP contribution in [-0.4, -0.2) is 43.7 Å². The minimum absolute atomic E-state index is 0. The molecular weight excluding hydrogens is 182 g/mol. The summed E-state index contributed by atoms with van der Waals surface area (Å²) in [6.45, 7) is 1.36. The maximum absolute atomic E-state index is 10.4. The third-order valence-corrected chi connectivity index (χ3v) is 1.14. The molecule has 0 bridgehead atoms. The summed E-state index contributed by atoms with van der Waals surface area (Å²) in [5.74, 6) is 0.196. The zero-order valence-electron chi connectivity index (χ0n) is 6.20. The average Bonchev–Trinajstić information content (AvgIpc) is 1.93. The Kier molecular flexibility index (Phi) is 5.29. The van der Waals surface area contributed by atoms with Crippen molar-refractivity contribution in [3.8, 4) is 5.75 Å². The van der Waals surface area contributed by atoms with Gasteiger partial charge in [0.25, 0.3) is 0 Å². The van der Waals surface area contributed by atoms with E-state index in [0.29, 0.717) is 11.4 Å². The van der Waals surface area contributed by atoms with E-state index in [1.807, 2.05) is 0 Å². The number of esters is 1. The van der Waals surface area contributed by atoms with E-state index < -0.39 is 0 Å². The Morgan fingerprint density at radius 3 is 2.25 bits per heavy atom. The number of anilines is 1. The molecule has 62 valence electrons. The summed E-state index contributed by atoms with van der Waals surface area (Å²) in [5.41, 5.74) is 6.07. The van der Waals surface area contributed by atoms with Gasteiger partial charge >= 0.3 is 43.7 Å². The number of carbonyl (C=O) groups is 1. The van der Waals surface area contributed by atoms with Crippen LogP contribution < -0.4 is 10.5 Å². The van der Waals surface area contributed by atoms with Gasteiger partial charge in [-0.2, -0.15) is 0 Å². The molecule has 2 N–H and O–H groups in total. The van der Waals surface area contributed by atoms with E-state index >= 15 is 0 Å². The van der Waals surface area contributed by atoms with E-state index in [1.165, 1.54) is 6.92 Å². The normalized spacial score (nSPS) is 8.42. The predicted molar refractivity (Wildman–Crippen MR) is 50.7 cm³/mol. The number of benzene rings is 1. The van der Waals surface area contributed by atoms with Gasteiger partial charge in [0, 0.05) is 12.6 Å². The molecule has 0 unspecified atom stereocenters. The van der Waals surface area contributed by atoms with Crippen LogP contribution >= 0.6 is 0 Å². The minimum atomic E-state index is -0.324. The van der Waals surface area contributed by atoms with Gasteiger partial charge in [0.1, 0.15) is 5.75 Å². The van der Waals surface area contributed by atoms with Gasteiger partial charge in [0.15, 0.2) is 0 Å². The predicted octanol–water partition coefficient (Wildman–Crippen LogP) is 0.278. The molecule has 4 heteroatoms. The SMILES string of the molecule is CC(=O)Oc1ccc(N)cc1.[CaH2]. The summed E-state index contributed by atoms with van der Waals surface area (Å²) < 4.78 is 4.77. The molecular formula is C8H11CaNO2. The van der Waals surface area contributed by atoms with Crippen molar-refractivity contribution in [2.75, 3.05) is 5.73 Å². The van der Waals surface area contributed by atoms with Gasteiger partial charge in [-0.3, -0.25) is 4.79 Å². The zero-order chi connectivity index (χ0) is 8.27. The first-order valence-corrected chi connectivity index (χ1v) is 3.22. The second-order valence-electron chi connectivity index (χ2n) is 2.16. The third-order valence-electron chi connectivity index (χ3n) is 1.14. The first-order chi connectivity index (χ1) is 5.18. The van der Waals surface area contributed by atoms with Gasteiger partial charge in [-0.05, 0) is 24.3 Å². The summed E-state index contributed by atoms with van der Waals surface area (Å²) in [6, 6.07) is 6.66. The Labute approximate surface area is 101 Å². The number of hydrogen-bond acceptors (Lipinski definition) is 3. The fourth-order valence-corrected chi connectivity index (χ4v) is 0.702. The molecule has 0 aliphatic carbocycles. The Balaban J connectivity index is 0.00000121. The fraction of sp³-hybridized carbons (Fsp3) is 0.125. The Morgan fingerprint density at radius 2 is 1.83 bits per heavy atom. The molecule has 0 radical (unpaired) electrons. The molecule has 0 saturated heterocycles. The molecule has 0 atom stereocenters. The van der Waals surface area contributed by atoms with Crippen molar-refractivity contribution in [3.05, 3.63) is 24.3 Å². The summed E-state index contributed by atoms with van der Waals surface area (Å²) in [7, 11) is 0. The number of rotatable bonds is 1. The summed E-state index contributed by atoms with van der Waals surface area (Å²) in [6.07, 6.45) is 0. The molecule has 0 heterocycles. The van der Waals surface area contributed by atoms with Gasteiger partial charge < -0.3 is 10.5 Å². The molecule has 0 spiro atoms. The van der Waals surface area contributed by atoms with Crippen molar-refractivity contribution < 1.29 is 9.53 Å². The van der Waals surface area contributed by atoms with Gasteiger partial charge in [0.2, 0.25) is 0 Å². The van der Waals surface area contributed by atoms with Crippen molar-refractivity contribution >= 4 is 49.4 Å². The topological polar surface area (TPSA) is 52.3 Å². The fourth-order valence-electron chi connectivity index (χ4n) is 0.702. The molecule has 0 amide bonds. The second kappa shape index (κ2) is 5.40. The molecule has 0 aliphatic heterocycles. The van der Waals surface area contributed by atoms with Crippen molar-refractivity contribution in [1.82, 2.24) is 0 Å². The number of nitrogen functional groups attached to an aromatic ring is 1. The molecule has 0 aliphatic rings. The van der Waals surface area contributed by atoms with Crippen molar-refractivity contribution in [3.63, 3.8) is 0 Å². The van der Waals surface area contributed by atoms with Crippen molar-refractivity contribution in [2.45, 2.75) is 6.92 Å². The van der Waals surface area contributed by atoms with Crippen LogP contribution in [0, 0.1) is 0 Å². The van der Waals surface area contributed by atoms with E-state index in [9.17, 15) is 4.79 Å². The van der Waals surface area contributed by atoms with Crippen LogP contribution in [0.1, 0.15) is 6.92 Å². The molecule has 0 saturated carbocycles. The van der Waals surface area contributed by atoms with Crippen LogP contribution in [0.25, 0.3) is 0 Å². The van der Waals surface area contributed by atoms with E-state index in [2.05, 4.69) is 0 Å². The van der Waals surface area contributed by atoms with Crippen LogP contribution in [-0.2, 0) is 4.79 Å². The third kappa shape index (κ3) is 3.95. The molecule has 3 nitrogen and oxygen atoms in total. The zero-order valence-corrected chi connectivity index (χ0v) is 6.20. The van der Waals surface area contributed by atoms with Crippen LogP contribution in [0.5, 0.6) is 5.75 Å². The number of ether oxygens (including phenoxy) is 1. The second-order valence-corrected chi connectivity index (χ2v) is 2.16. The van der Waals surface area contributed by atoms with E-state index in [4.69, 9.17) is 10.5 Å². The van der Waals surface area contributed by atoms with Crippen LogP contribution in [0.3, 0.4) is 0 Å². The first-order valence-electron chi connectivity index (χ1n) is 3.22. The number of carbonyl (C=O) groups excluding carboxylic acids is 1. The van der Waals surface area contributed by atoms with Crippen LogP contribution in [0.2, 0.25) is 0 Å². The van der Waals surface area contributed by atoms with Gasteiger partial charge in [-0.25, -0.2) is 0 Å². The molecule has 0 fully saturated rings. The average molecular weight is 193 g/mol. The Bertz CT molecular complexity index is 258. The maximum atomic E-state index is 10.4. The van der Waals surface area contributed by atoms with Gasteiger partial charge in [0.05, 0.1) is 0 Å². The quantitative estimate of drug-likeness (QED) is 0.301. The van der Waals surface area contributed by atoms with E-state index in [-0.39, 0.29) is 43.7 Å². The first kappa shape index (κ1) is 11.7. The summed E-state index contributed by atoms with van der Waals surface area (Å²) in [5, 5.41) is 0. The summed E-state index contributed by atoms with van der Waals surface area (Å²) in [4.78, 5) is 10.4. The molecule has 0 aromatic heterocycles. The Morgan fingerprint density at radius 1 is 1.33 bits per heavy atom. The molecule has 12 heavy (non-hydrogen) atoms. The molecule has 1 aromatic carbocycles. The van der Waals surface area contributed by atoms with Crippen molar-refractivity contribution in [1.29, 1.82) is 0 Å². The van der Waals surface area contributed by atoms with Gasteiger partial charge in [-0.15, -0.1) is 0 Å². The Hall–Kier alpha value is -0.250. The van der Waals surface area contributed by atoms with Gasteiger partial charge in [-0.1, -0.05) is 0 Å².